The molecule has 0 radical (unpaired) electrons. The van der Waals surface area contributed by atoms with E-state index in [4.69, 9.17) is 9.47 Å². The van der Waals surface area contributed by atoms with Gasteiger partial charge in [-0.05, 0) is 42.2 Å². The molecule has 1 aliphatic rings. The van der Waals surface area contributed by atoms with Crippen LogP contribution in [0.5, 0.6) is 5.75 Å². The molecule has 134 valence electrons. The first-order chi connectivity index (χ1) is 12.3. The van der Waals surface area contributed by atoms with Gasteiger partial charge in [-0.15, -0.1) is 0 Å². The standard InChI is InChI=1S/C21H27NO3/c1-24-20-15-17-9-6-5-8-16(17)14-19(20)21(23)22-12-7-13-25-18-10-3-2-4-11-18/h5-6,8-9,14-15,18H,2-4,7,10-13H2,1H3,(H,22,23). The third kappa shape index (κ3) is 4.73. The minimum atomic E-state index is -0.0970. The van der Waals surface area contributed by atoms with Gasteiger partial charge in [0.05, 0.1) is 18.8 Å². The molecule has 4 heteroatoms. The molecule has 0 unspecified atom stereocenters. The molecule has 1 fully saturated rings. The lowest BCUT2D eigenvalue weighted by Crippen LogP contribution is -2.26. The van der Waals surface area contributed by atoms with Crippen molar-refractivity contribution in [2.24, 2.45) is 0 Å². The first-order valence-electron chi connectivity index (χ1n) is 9.24. The first-order valence-corrected chi connectivity index (χ1v) is 9.24. The lowest BCUT2D eigenvalue weighted by Gasteiger charge is -2.21. The van der Waals surface area contributed by atoms with Gasteiger partial charge in [0.15, 0.2) is 0 Å². The summed E-state index contributed by atoms with van der Waals surface area (Å²) in [5.41, 5.74) is 0.578. The van der Waals surface area contributed by atoms with Crippen LogP contribution in [0.4, 0.5) is 0 Å². The van der Waals surface area contributed by atoms with E-state index in [0.717, 1.165) is 17.2 Å². The molecule has 0 saturated heterocycles. The fourth-order valence-corrected chi connectivity index (χ4v) is 3.42. The minimum Gasteiger partial charge on any atom is -0.496 e. The van der Waals surface area contributed by atoms with E-state index in [2.05, 4.69) is 5.32 Å². The van der Waals surface area contributed by atoms with Crippen molar-refractivity contribution in [1.82, 2.24) is 5.32 Å². The summed E-state index contributed by atoms with van der Waals surface area (Å²) >= 11 is 0. The van der Waals surface area contributed by atoms with Crippen LogP contribution in [-0.2, 0) is 4.74 Å². The van der Waals surface area contributed by atoms with Crippen molar-refractivity contribution in [1.29, 1.82) is 0 Å². The molecule has 1 aliphatic carbocycles. The van der Waals surface area contributed by atoms with Gasteiger partial charge in [-0.1, -0.05) is 43.5 Å². The third-order valence-electron chi connectivity index (χ3n) is 4.82. The number of hydrogen-bond donors (Lipinski definition) is 1. The molecular formula is C21H27NO3. The smallest absolute Gasteiger partial charge is 0.255 e. The van der Waals surface area contributed by atoms with Gasteiger partial charge in [-0.2, -0.15) is 0 Å². The summed E-state index contributed by atoms with van der Waals surface area (Å²) in [6.45, 7) is 1.32. The molecule has 0 heterocycles. The first kappa shape index (κ1) is 17.7. The maximum Gasteiger partial charge on any atom is 0.255 e. The van der Waals surface area contributed by atoms with Gasteiger partial charge in [0.2, 0.25) is 0 Å². The third-order valence-corrected chi connectivity index (χ3v) is 4.82. The summed E-state index contributed by atoms with van der Waals surface area (Å²) in [7, 11) is 1.60. The Bertz CT molecular complexity index is 707. The van der Waals surface area contributed by atoms with E-state index in [1.807, 2.05) is 36.4 Å². The molecule has 0 aliphatic heterocycles. The van der Waals surface area contributed by atoms with Crippen molar-refractivity contribution in [3.63, 3.8) is 0 Å². The second-order valence-electron chi connectivity index (χ2n) is 6.64. The number of ether oxygens (including phenoxy) is 2. The van der Waals surface area contributed by atoms with E-state index < -0.39 is 0 Å². The van der Waals surface area contributed by atoms with Crippen LogP contribution in [0.1, 0.15) is 48.9 Å². The molecule has 0 atom stereocenters. The highest BCUT2D eigenvalue weighted by molar-refractivity contribution is 6.01. The number of carbonyl (C=O) groups excluding carboxylic acids is 1. The van der Waals surface area contributed by atoms with Crippen LogP contribution >= 0.6 is 0 Å². The zero-order valence-electron chi connectivity index (χ0n) is 14.9. The highest BCUT2D eigenvalue weighted by Crippen LogP contribution is 2.26. The van der Waals surface area contributed by atoms with Gasteiger partial charge in [0.1, 0.15) is 5.75 Å². The molecule has 2 aromatic carbocycles. The molecule has 1 N–H and O–H groups in total. The number of amides is 1. The fourth-order valence-electron chi connectivity index (χ4n) is 3.42. The zero-order valence-corrected chi connectivity index (χ0v) is 14.9. The maximum atomic E-state index is 12.5. The Kier molecular flexibility index (Phi) is 6.29. The Labute approximate surface area is 149 Å². The molecular weight excluding hydrogens is 314 g/mol. The summed E-state index contributed by atoms with van der Waals surface area (Å²) < 4.78 is 11.3. The lowest BCUT2D eigenvalue weighted by atomic mass is 9.98. The van der Waals surface area contributed by atoms with Crippen molar-refractivity contribution in [3.8, 4) is 5.75 Å². The van der Waals surface area contributed by atoms with Crippen LogP contribution in [0.15, 0.2) is 36.4 Å². The van der Waals surface area contributed by atoms with E-state index in [1.165, 1.54) is 32.1 Å². The van der Waals surface area contributed by atoms with Gasteiger partial charge < -0.3 is 14.8 Å². The van der Waals surface area contributed by atoms with Crippen LogP contribution in [-0.4, -0.2) is 32.3 Å². The number of fused-ring (bicyclic) bond motifs is 1. The monoisotopic (exact) mass is 341 g/mol. The van der Waals surface area contributed by atoms with E-state index in [9.17, 15) is 4.79 Å². The van der Waals surface area contributed by atoms with Gasteiger partial charge >= 0.3 is 0 Å². The second kappa shape index (κ2) is 8.86. The molecule has 0 bridgehead atoms. The Hall–Kier alpha value is -2.07. The number of methoxy groups -OCH3 is 1. The predicted molar refractivity (Wildman–Crippen MR) is 100 cm³/mol. The normalized spacial score (nSPS) is 15.2. The van der Waals surface area contributed by atoms with Crippen LogP contribution in [0, 0.1) is 0 Å². The second-order valence-corrected chi connectivity index (χ2v) is 6.64. The van der Waals surface area contributed by atoms with Crippen LogP contribution < -0.4 is 10.1 Å². The topological polar surface area (TPSA) is 47.6 Å². The van der Waals surface area contributed by atoms with Crippen molar-refractivity contribution in [2.75, 3.05) is 20.3 Å². The van der Waals surface area contributed by atoms with Gasteiger partial charge in [-0.25, -0.2) is 0 Å². The molecule has 25 heavy (non-hydrogen) atoms. The highest BCUT2D eigenvalue weighted by atomic mass is 16.5. The lowest BCUT2D eigenvalue weighted by molar-refractivity contribution is 0.0273. The molecule has 0 aromatic heterocycles. The quantitative estimate of drug-likeness (QED) is 0.763. The Balaban J connectivity index is 1.51. The van der Waals surface area contributed by atoms with Gasteiger partial charge in [0, 0.05) is 13.2 Å². The Morgan fingerprint density at radius 2 is 1.84 bits per heavy atom. The Morgan fingerprint density at radius 1 is 1.12 bits per heavy atom. The van der Waals surface area contributed by atoms with E-state index >= 15 is 0 Å². The average molecular weight is 341 g/mol. The number of carbonyl (C=O) groups is 1. The van der Waals surface area contributed by atoms with E-state index in [1.54, 1.807) is 7.11 Å². The SMILES string of the molecule is COc1cc2ccccc2cc1C(=O)NCCCOC1CCCCC1. The highest BCUT2D eigenvalue weighted by Gasteiger charge is 2.15. The summed E-state index contributed by atoms with van der Waals surface area (Å²) in [4.78, 5) is 12.5. The Morgan fingerprint density at radius 3 is 2.56 bits per heavy atom. The average Bonchev–Trinajstić information content (AvgIpc) is 2.67. The summed E-state index contributed by atoms with van der Waals surface area (Å²) in [6, 6.07) is 11.8. The van der Waals surface area contributed by atoms with Gasteiger partial charge in [0.25, 0.3) is 5.91 Å². The van der Waals surface area contributed by atoms with Crippen molar-refractivity contribution in [3.05, 3.63) is 42.0 Å². The van der Waals surface area contributed by atoms with Crippen molar-refractivity contribution in [2.45, 2.75) is 44.6 Å². The van der Waals surface area contributed by atoms with Crippen molar-refractivity contribution >= 4 is 16.7 Å². The molecule has 1 amide bonds. The van der Waals surface area contributed by atoms with Crippen LogP contribution in [0.3, 0.4) is 0 Å². The maximum absolute atomic E-state index is 12.5. The van der Waals surface area contributed by atoms with Gasteiger partial charge in [-0.3, -0.25) is 4.79 Å². The summed E-state index contributed by atoms with van der Waals surface area (Å²) in [5, 5.41) is 5.08. The number of hydrogen-bond acceptors (Lipinski definition) is 3. The fraction of sp³-hybridized carbons (Fsp3) is 0.476. The molecule has 0 spiro atoms. The molecule has 1 saturated carbocycles. The zero-order chi connectivity index (χ0) is 17.5. The van der Waals surface area contributed by atoms with E-state index in [0.29, 0.717) is 30.6 Å². The number of rotatable bonds is 7. The minimum absolute atomic E-state index is 0.0970. The molecule has 3 rings (SSSR count). The molecule has 4 nitrogen and oxygen atoms in total. The van der Waals surface area contributed by atoms with E-state index in [-0.39, 0.29) is 5.91 Å². The number of nitrogens with one attached hydrogen (secondary N) is 1. The summed E-state index contributed by atoms with van der Waals surface area (Å²) in [5.74, 6) is 0.509. The van der Waals surface area contributed by atoms with Crippen LogP contribution in [0.2, 0.25) is 0 Å². The van der Waals surface area contributed by atoms with Crippen molar-refractivity contribution < 1.29 is 14.3 Å². The molecule has 2 aromatic rings. The predicted octanol–water partition coefficient (Wildman–Crippen LogP) is 4.32. The van der Waals surface area contributed by atoms with Crippen LogP contribution in [0.25, 0.3) is 10.8 Å². The summed E-state index contributed by atoms with van der Waals surface area (Å²) in [6.07, 6.45) is 7.51. The largest absolute Gasteiger partial charge is 0.496 e. The number of benzene rings is 2.